The van der Waals surface area contributed by atoms with E-state index in [1.54, 1.807) is 43.3 Å². The van der Waals surface area contributed by atoms with Gasteiger partial charge in [-0.1, -0.05) is 42.5 Å². The average molecular weight is 604 g/mol. The molecular weight excluding hydrogens is 573 g/mol. The molecule has 0 aliphatic carbocycles. The van der Waals surface area contributed by atoms with Crippen molar-refractivity contribution in [1.82, 2.24) is 9.47 Å². The first-order chi connectivity index (χ1) is 20.1. The minimum atomic E-state index is -4.66. The predicted octanol–water partition coefficient (Wildman–Crippen LogP) is 5.41. The molecule has 4 aromatic rings. The van der Waals surface area contributed by atoms with Crippen molar-refractivity contribution in [3.8, 4) is 11.1 Å². The lowest BCUT2D eigenvalue weighted by molar-refractivity contribution is -0.144. The number of hydrogen-bond acceptors (Lipinski definition) is 4. The predicted molar refractivity (Wildman–Crippen MR) is 153 cm³/mol. The van der Waals surface area contributed by atoms with Crippen LogP contribution in [0.1, 0.15) is 33.6 Å². The van der Waals surface area contributed by atoms with Gasteiger partial charge in [-0.15, -0.1) is 0 Å². The Morgan fingerprint density at radius 3 is 2.00 bits per heavy atom. The molecule has 1 aromatic heterocycles. The summed E-state index contributed by atoms with van der Waals surface area (Å²) in [6.45, 7) is 0.398. The third-order valence-electron chi connectivity index (χ3n) is 6.71. The van der Waals surface area contributed by atoms with Crippen LogP contribution in [0, 0.1) is 11.6 Å². The lowest BCUT2D eigenvalue weighted by Gasteiger charge is -2.20. The Hall–Kier alpha value is -4.58. The number of nitrogens with zero attached hydrogens (tertiary/aromatic N) is 2. The molecular formula is C31H30F5N3O4. The number of carbonyl (C=O) groups excluding carboxylic acids is 1. The molecule has 0 spiro atoms. The number of carboxylic acids is 1. The molecule has 0 unspecified atom stereocenters. The van der Waals surface area contributed by atoms with Gasteiger partial charge in [-0.25, -0.2) is 8.78 Å². The van der Waals surface area contributed by atoms with Crippen molar-refractivity contribution in [2.24, 2.45) is 12.8 Å². The summed E-state index contributed by atoms with van der Waals surface area (Å²) in [6, 6.07) is 15.1. The van der Waals surface area contributed by atoms with Gasteiger partial charge in [-0.3, -0.25) is 14.4 Å². The molecule has 0 saturated heterocycles. The quantitative estimate of drug-likeness (QED) is 0.262. The van der Waals surface area contributed by atoms with Gasteiger partial charge in [0.25, 0.3) is 11.5 Å². The molecule has 228 valence electrons. The molecule has 7 nitrogen and oxygen atoms in total. The van der Waals surface area contributed by atoms with Crippen molar-refractivity contribution in [1.29, 1.82) is 0 Å². The molecule has 0 atom stereocenters. The van der Waals surface area contributed by atoms with E-state index < -0.39 is 46.5 Å². The maximum atomic E-state index is 13.8. The van der Waals surface area contributed by atoms with Crippen molar-refractivity contribution in [2.75, 3.05) is 20.6 Å². The molecule has 43 heavy (non-hydrogen) atoms. The van der Waals surface area contributed by atoms with E-state index in [-0.39, 0.29) is 24.0 Å². The minimum absolute atomic E-state index is 0.0416. The van der Waals surface area contributed by atoms with Gasteiger partial charge in [0.05, 0.1) is 0 Å². The summed E-state index contributed by atoms with van der Waals surface area (Å²) in [7, 11) is 4.70. The number of primary amides is 1. The van der Waals surface area contributed by atoms with E-state index in [0.29, 0.717) is 28.5 Å². The van der Waals surface area contributed by atoms with Crippen LogP contribution in [-0.4, -0.2) is 47.1 Å². The Balaban J connectivity index is 0.000000386. The van der Waals surface area contributed by atoms with Crippen LogP contribution in [0.4, 0.5) is 22.0 Å². The number of hydrogen-bond donors (Lipinski definition) is 2. The number of benzene rings is 3. The van der Waals surface area contributed by atoms with E-state index in [1.165, 1.54) is 6.07 Å². The summed E-state index contributed by atoms with van der Waals surface area (Å²) in [5, 5.41) is 10.5. The number of aryl methyl sites for hydroxylation is 1. The standard InChI is InChI=1S/C24H25F3N2O3.C7H5F2NO/c1-28(2)13-12-16-14-20(23(32)29(3)22(16)24(25,26)27)19-9-5-7-17-15(10-11-21(30)31)6-4-8-18(17)19;8-4-2-1-3-5(9)6(4)7(10)11/h4-9,14H,10-13H2,1-3H3,(H,30,31);1-3H,(H2,10,11). The highest BCUT2D eigenvalue weighted by Crippen LogP contribution is 2.35. The van der Waals surface area contributed by atoms with E-state index in [9.17, 15) is 36.3 Å². The second kappa shape index (κ2) is 13.6. The van der Waals surface area contributed by atoms with Crippen LogP contribution in [0.15, 0.2) is 65.5 Å². The number of carboxylic acid groups (broad SMARTS) is 1. The second-order valence-corrected chi connectivity index (χ2v) is 10.0. The highest BCUT2D eigenvalue weighted by Gasteiger charge is 2.37. The fraction of sp³-hybridized carbons (Fsp3) is 0.258. The van der Waals surface area contributed by atoms with E-state index in [0.717, 1.165) is 36.2 Å². The average Bonchev–Trinajstić information content (AvgIpc) is 2.91. The van der Waals surface area contributed by atoms with Crippen molar-refractivity contribution >= 4 is 22.6 Å². The largest absolute Gasteiger partial charge is 0.481 e. The molecule has 0 aliphatic heterocycles. The normalized spacial score (nSPS) is 11.4. The molecule has 0 aliphatic rings. The van der Waals surface area contributed by atoms with E-state index >= 15 is 0 Å². The maximum Gasteiger partial charge on any atom is 0.431 e. The van der Waals surface area contributed by atoms with Crippen LogP contribution < -0.4 is 11.3 Å². The lowest BCUT2D eigenvalue weighted by Crippen LogP contribution is -2.30. The van der Waals surface area contributed by atoms with Gasteiger partial charge in [0.2, 0.25) is 0 Å². The summed E-state index contributed by atoms with van der Waals surface area (Å²) in [4.78, 5) is 36.2. The van der Waals surface area contributed by atoms with Gasteiger partial charge in [-0.2, -0.15) is 13.2 Å². The third-order valence-corrected chi connectivity index (χ3v) is 6.71. The Bertz CT molecular complexity index is 1690. The molecule has 4 rings (SSSR count). The molecule has 12 heteroatoms. The number of aliphatic carboxylic acids is 1. The zero-order valence-corrected chi connectivity index (χ0v) is 23.6. The van der Waals surface area contributed by atoms with Crippen LogP contribution in [-0.2, 0) is 30.9 Å². The van der Waals surface area contributed by atoms with E-state index in [1.807, 2.05) is 12.1 Å². The minimum Gasteiger partial charge on any atom is -0.481 e. The number of pyridine rings is 1. The molecule has 0 saturated carbocycles. The molecule has 3 aromatic carbocycles. The highest BCUT2D eigenvalue weighted by molar-refractivity contribution is 5.98. The van der Waals surface area contributed by atoms with Gasteiger partial charge in [-0.05, 0) is 72.6 Å². The second-order valence-electron chi connectivity index (χ2n) is 10.0. The maximum absolute atomic E-state index is 13.8. The van der Waals surface area contributed by atoms with Crippen LogP contribution >= 0.6 is 0 Å². The Labute approximate surface area is 244 Å². The van der Waals surface area contributed by atoms with Crippen LogP contribution in [0.25, 0.3) is 21.9 Å². The Morgan fingerprint density at radius 1 is 0.884 bits per heavy atom. The number of nitrogens with two attached hydrogens (primary N) is 1. The van der Waals surface area contributed by atoms with Crippen molar-refractivity contribution in [3.05, 3.63) is 105 Å². The summed E-state index contributed by atoms with van der Waals surface area (Å²) in [6.07, 6.45) is -4.25. The zero-order chi connectivity index (χ0) is 32.1. The van der Waals surface area contributed by atoms with Crippen molar-refractivity contribution < 1.29 is 36.6 Å². The SMILES string of the molecule is CN(C)CCc1cc(-c2cccc3c(CCC(=O)O)cccc23)c(=O)n(C)c1C(F)(F)F.NC(=O)c1c(F)cccc1F. The van der Waals surface area contributed by atoms with E-state index in [4.69, 9.17) is 10.8 Å². The highest BCUT2D eigenvalue weighted by atomic mass is 19.4. The first-order valence-electron chi connectivity index (χ1n) is 13.0. The number of rotatable bonds is 8. The summed E-state index contributed by atoms with van der Waals surface area (Å²) >= 11 is 0. The Kier molecular flexibility index (Phi) is 10.4. The third kappa shape index (κ3) is 7.83. The first-order valence-corrected chi connectivity index (χ1v) is 13.0. The number of likely N-dealkylation sites (N-methyl/N-ethyl adjacent to an activating group) is 1. The monoisotopic (exact) mass is 603 g/mol. The van der Waals surface area contributed by atoms with Crippen molar-refractivity contribution in [2.45, 2.75) is 25.4 Å². The van der Waals surface area contributed by atoms with Crippen LogP contribution in [0.2, 0.25) is 0 Å². The Morgan fingerprint density at radius 2 is 1.47 bits per heavy atom. The smallest absolute Gasteiger partial charge is 0.431 e. The number of halogens is 5. The van der Waals surface area contributed by atoms with Gasteiger partial charge in [0.1, 0.15) is 22.9 Å². The number of carbonyl (C=O) groups is 2. The lowest BCUT2D eigenvalue weighted by atomic mass is 9.93. The van der Waals surface area contributed by atoms with Gasteiger partial charge in [0.15, 0.2) is 0 Å². The molecule has 1 heterocycles. The summed E-state index contributed by atoms with van der Waals surface area (Å²) < 4.78 is 67.2. The van der Waals surface area contributed by atoms with Gasteiger partial charge in [0, 0.05) is 25.6 Å². The number of alkyl halides is 3. The molecule has 0 radical (unpaired) electrons. The van der Waals surface area contributed by atoms with Crippen LogP contribution in [0.5, 0.6) is 0 Å². The molecule has 0 fully saturated rings. The zero-order valence-electron chi connectivity index (χ0n) is 23.6. The number of amides is 1. The molecule has 1 amide bonds. The van der Waals surface area contributed by atoms with Gasteiger partial charge < -0.3 is 20.3 Å². The van der Waals surface area contributed by atoms with Crippen LogP contribution in [0.3, 0.4) is 0 Å². The fourth-order valence-electron chi connectivity index (χ4n) is 4.70. The number of fused-ring (bicyclic) bond motifs is 1. The number of aromatic nitrogens is 1. The van der Waals surface area contributed by atoms with Crippen molar-refractivity contribution in [3.63, 3.8) is 0 Å². The van der Waals surface area contributed by atoms with E-state index in [2.05, 4.69) is 0 Å². The summed E-state index contributed by atoms with van der Waals surface area (Å²) in [5.74, 6) is -3.88. The molecule has 0 bridgehead atoms. The van der Waals surface area contributed by atoms with Gasteiger partial charge >= 0.3 is 12.1 Å². The molecule has 3 N–H and O–H groups in total. The fourth-order valence-corrected chi connectivity index (χ4v) is 4.70. The first kappa shape index (κ1) is 32.9. The summed E-state index contributed by atoms with van der Waals surface area (Å²) in [5.41, 5.74) is 3.93. The topological polar surface area (TPSA) is 106 Å².